The van der Waals surface area contributed by atoms with Crippen LogP contribution in [0.25, 0.3) is 0 Å². The van der Waals surface area contributed by atoms with Gasteiger partial charge in [-0.15, -0.1) is 0 Å². The molecule has 1 aromatic heterocycles. The average molecular weight is 267 g/mol. The molecule has 0 bridgehead atoms. The van der Waals surface area contributed by atoms with E-state index in [2.05, 4.69) is 10.6 Å². The number of amides is 3. The summed E-state index contributed by atoms with van der Waals surface area (Å²) in [7, 11) is 0. The smallest absolute Gasteiger partial charge is 0.315 e. The largest absolute Gasteiger partial charge is 0.469 e. The zero-order chi connectivity index (χ0) is 14.5. The molecule has 1 unspecified atom stereocenters. The van der Waals surface area contributed by atoms with Gasteiger partial charge in [-0.3, -0.25) is 4.79 Å². The fraction of sp³-hybridized carbons (Fsp3) is 0.538. The summed E-state index contributed by atoms with van der Waals surface area (Å²) >= 11 is 0. The van der Waals surface area contributed by atoms with Gasteiger partial charge in [0.25, 0.3) is 0 Å². The van der Waals surface area contributed by atoms with Crippen molar-refractivity contribution in [2.45, 2.75) is 33.2 Å². The van der Waals surface area contributed by atoms with Crippen LogP contribution in [-0.4, -0.2) is 24.5 Å². The molecule has 6 heteroatoms. The molecule has 0 aliphatic carbocycles. The highest BCUT2D eigenvalue weighted by Crippen LogP contribution is 2.11. The standard InChI is InChI=1S/C13H21N3O3/c1-9(7-10-5-4-6-19-10)16-12(18)15-8-13(2,3)11(14)17/h4-6,9H,7-8H2,1-3H3,(H2,14,17)(H2,15,16,18). The summed E-state index contributed by atoms with van der Waals surface area (Å²) in [4.78, 5) is 22.8. The Hall–Kier alpha value is -1.98. The highest BCUT2D eigenvalue weighted by Gasteiger charge is 2.25. The highest BCUT2D eigenvalue weighted by atomic mass is 16.3. The summed E-state index contributed by atoms with van der Waals surface area (Å²) in [5, 5.41) is 5.40. The van der Waals surface area contributed by atoms with Crippen LogP contribution in [0.2, 0.25) is 0 Å². The molecule has 1 heterocycles. The monoisotopic (exact) mass is 267 g/mol. The maximum absolute atomic E-state index is 11.6. The van der Waals surface area contributed by atoms with Gasteiger partial charge in [0.2, 0.25) is 5.91 Å². The van der Waals surface area contributed by atoms with E-state index in [0.29, 0.717) is 6.42 Å². The van der Waals surface area contributed by atoms with Crippen LogP contribution in [0.1, 0.15) is 26.5 Å². The lowest BCUT2D eigenvalue weighted by atomic mass is 9.93. The number of rotatable bonds is 6. The molecule has 0 aliphatic heterocycles. The highest BCUT2D eigenvalue weighted by molar-refractivity contribution is 5.81. The van der Waals surface area contributed by atoms with E-state index in [0.717, 1.165) is 5.76 Å². The number of nitrogens with two attached hydrogens (primary N) is 1. The molecule has 0 radical (unpaired) electrons. The van der Waals surface area contributed by atoms with Crippen molar-refractivity contribution in [3.8, 4) is 0 Å². The van der Waals surface area contributed by atoms with E-state index in [4.69, 9.17) is 10.2 Å². The second-order valence-corrected chi connectivity index (χ2v) is 5.26. The summed E-state index contributed by atoms with van der Waals surface area (Å²) in [6.45, 7) is 5.44. The third-order valence-corrected chi connectivity index (χ3v) is 2.82. The van der Waals surface area contributed by atoms with Gasteiger partial charge < -0.3 is 20.8 Å². The lowest BCUT2D eigenvalue weighted by Crippen LogP contribution is -2.47. The van der Waals surface area contributed by atoms with Crippen molar-refractivity contribution in [3.05, 3.63) is 24.2 Å². The van der Waals surface area contributed by atoms with Crippen LogP contribution in [0.4, 0.5) is 4.79 Å². The van der Waals surface area contributed by atoms with Gasteiger partial charge in [-0.2, -0.15) is 0 Å². The minimum absolute atomic E-state index is 0.0668. The van der Waals surface area contributed by atoms with Gasteiger partial charge in [-0.25, -0.2) is 4.79 Å². The quantitative estimate of drug-likeness (QED) is 0.717. The van der Waals surface area contributed by atoms with Crippen LogP contribution in [0.5, 0.6) is 0 Å². The average Bonchev–Trinajstić information content (AvgIpc) is 2.78. The number of carbonyl (C=O) groups is 2. The molecule has 0 fully saturated rings. The Morgan fingerprint density at radius 1 is 1.47 bits per heavy atom. The maximum atomic E-state index is 11.6. The molecule has 19 heavy (non-hydrogen) atoms. The van der Waals surface area contributed by atoms with Crippen molar-refractivity contribution >= 4 is 11.9 Å². The zero-order valence-electron chi connectivity index (χ0n) is 11.5. The number of primary amides is 1. The number of hydrogen-bond donors (Lipinski definition) is 3. The summed E-state index contributed by atoms with van der Waals surface area (Å²) in [5.41, 5.74) is 4.46. The number of hydrogen-bond acceptors (Lipinski definition) is 3. The Morgan fingerprint density at radius 3 is 2.68 bits per heavy atom. The van der Waals surface area contributed by atoms with E-state index in [1.807, 2.05) is 13.0 Å². The zero-order valence-corrected chi connectivity index (χ0v) is 11.5. The topological polar surface area (TPSA) is 97.4 Å². The second kappa shape index (κ2) is 6.26. The van der Waals surface area contributed by atoms with E-state index >= 15 is 0 Å². The Balaban J connectivity index is 2.33. The molecule has 0 spiro atoms. The van der Waals surface area contributed by atoms with Crippen LogP contribution in [0.15, 0.2) is 22.8 Å². The Kier molecular flexibility index (Phi) is 4.97. The second-order valence-electron chi connectivity index (χ2n) is 5.26. The minimum Gasteiger partial charge on any atom is -0.469 e. The van der Waals surface area contributed by atoms with E-state index in [9.17, 15) is 9.59 Å². The first-order valence-corrected chi connectivity index (χ1v) is 6.18. The molecule has 1 rings (SSSR count). The van der Waals surface area contributed by atoms with Gasteiger partial charge in [-0.05, 0) is 32.9 Å². The van der Waals surface area contributed by atoms with Gasteiger partial charge in [0.1, 0.15) is 5.76 Å². The molecule has 0 aliphatic rings. The third kappa shape index (κ3) is 5.03. The SMILES string of the molecule is CC(Cc1ccco1)NC(=O)NCC(C)(C)C(N)=O. The van der Waals surface area contributed by atoms with Crippen molar-refractivity contribution in [2.24, 2.45) is 11.1 Å². The molecule has 3 amide bonds. The van der Waals surface area contributed by atoms with Crippen molar-refractivity contribution in [1.29, 1.82) is 0 Å². The predicted octanol–water partition coefficient (Wildman–Crippen LogP) is 1.02. The molecular formula is C13H21N3O3. The normalized spacial score (nSPS) is 12.8. The van der Waals surface area contributed by atoms with Crippen LogP contribution in [0.3, 0.4) is 0 Å². The van der Waals surface area contributed by atoms with Gasteiger partial charge in [-0.1, -0.05) is 0 Å². The summed E-state index contributed by atoms with van der Waals surface area (Å²) in [6, 6.07) is 3.26. The Morgan fingerprint density at radius 2 is 2.16 bits per heavy atom. The van der Waals surface area contributed by atoms with Gasteiger partial charge >= 0.3 is 6.03 Å². The fourth-order valence-corrected chi connectivity index (χ4v) is 1.44. The Bertz CT molecular complexity index is 426. The fourth-order valence-electron chi connectivity index (χ4n) is 1.44. The van der Waals surface area contributed by atoms with Crippen molar-refractivity contribution in [1.82, 2.24) is 10.6 Å². The first-order valence-electron chi connectivity index (χ1n) is 6.18. The summed E-state index contributed by atoms with van der Waals surface area (Å²) < 4.78 is 5.20. The minimum atomic E-state index is -0.762. The summed E-state index contributed by atoms with van der Waals surface area (Å²) in [5.74, 6) is 0.363. The van der Waals surface area contributed by atoms with Crippen molar-refractivity contribution < 1.29 is 14.0 Å². The van der Waals surface area contributed by atoms with Crippen LogP contribution in [0, 0.1) is 5.41 Å². The lowest BCUT2D eigenvalue weighted by Gasteiger charge is -2.21. The molecule has 6 nitrogen and oxygen atoms in total. The van der Waals surface area contributed by atoms with Crippen molar-refractivity contribution in [3.63, 3.8) is 0 Å². The number of furan rings is 1. The molecule has 1 atom stereocenters. The predicted molar refractivity (Wildman–Crippen MR) is 71.4 cm³/mol. The maximum Gasteiger partial charge on any atom is 0.315 e. The van der Waals surface area contributed by atoms with Gasteiger partial charge in [0.15, 0.2) is 0 Å². The number of carbonyl (C=O) groups excluding carboxylic acids is 2. The molecule has 106 valence electrons. The molecule has 0 aromatic carbocycles. The van der Waals surface area contributed by atoms with Gasteiger partial charge in [0, 0.05) is 19.0 Å². The molecule has 0 saturated heterocycles. The van der Waals surface area contributed by atoms with Crippen molar-refractivity contribution in [2.75, 3.05) is 6.54 Å². The molecule has 4 N–H and O–H groups in total. The van der Waals surface area contributed by atoms with Crippen LogP contribution in [-0.2, 0) is 11.2 Å². The molecule has 0 saturated carbocycles. The molecular weight excluding hydrogens is 246 g/mol. The first kappa shape index (κ1) is 15.1. The van der Waals surface area contributed by atoms with E-state index < -0.39 is 11.3 Å². The Labute approximate surface area is 112 Å². The van der Waals surface area contributed by atoms with E-state index in [-0.39, 0.29) is 18.6 Å². The number of nitrogens with one attached hydrogen (secondary N) is 2. The molecule has 1 aromatic rings. The lowest BCUT2D eigenvalue weighted by molar-refractivity contribution is -0.125. The summed E-state index contributed by atoms with van der Waals surface area (Å²) in [6.07, 6.45) is 2.21. The van der Waals surface area contributed by atoms with Crippen LogP contribution >= 0.6 is 0 Å². The third-order valence-electron chi connectivity index (χ3n) is 2.82. The van der Waals surface area contributed by atoms with Gasteiger partial charge in [0.05, 0.1) is 11.7 Å². The van der Waals surface area contributed by atoms with Crippen LogP contribution < -0.4 is 16.4 Å². The number of urea groups is 1. The first-order chi connectivity index (χ1) is 8.81. The van der Waals surface area contributed by atoms with E-state index in [1.165, 1.54) is 0 Å². The van der Waals surface area contributed by atoms with E-state index in [1.54, 1.807) is 26.2 Å².